The Balaban J connectivity index is 1.48. The van der Waals surface area contributed by atoms with Crippen molar-refractivity contribution in [1.29, 1.82) is 5.26 Å². The fourth-order valence-electron chi connectivity index (χ4n) is 3.74. The van der Waals surface area contributed by atoms with Gasteiger partial charge in [-0.15, -0.1) is 0 Å². The lowest BCUT2D eigenvalue weighted by molar-refractivity contribution is -0.122. The molecule has 0 bridgehead atoms. The first-order chi connectivity index (χ1) is 15.0. The number of rotatable bonds is 7. The molecule has 2 aromatic carbocycles. The molecule has 1 atom stereocenters. The van der Waals surface area contributed by atoms with Crippen molar-refractivity contribution in [3.63, 3.8) is 0 Å². The molecule has 1 aliphatic rings. The van der Waals surface area contributed by atoms with E-state index >= 15 is 0 Å². The first-order valence-corrected chi connectivity index (χ1v) is 10.7. The number of aryl methyl sites for hydroxylation is 1. The van der Waals surface area contributed by atoms with Crippen molar-refractivity contribution < 1.29 is 9.59 Å². The summed E-state index contributed by atoms with van der Waals surface area (Å²) >= 11 is 0. The lowest BCUT2D eigenvalue weighted by Crippen LogP contribution is -2.53. The second-order valence-corrected chi connectivity index (χ2v) is 7.69. The Hall–Kier alpha value is -3.21. The topological polar surface area (TPSA) is 88.5 Å². The highest BCUT2D eigenvalue weighted by molar-refractivity contribution is 5.95. The van der Waals surface area contributed by atoms with Crippen LogP contribution in [0.5, 0.6) is 0 Å². The van der Waals surface area contributed by atoms with Crippen LogP contribution in [0.3, 0.4) is 0 Å². The molecular formula is C24H29N5O2. The van der Waals surface area contributed by atoms with Crippen LogP contribution < -0.4 is 10.6 Å². The molecule has 1 heterocycles. The molecule has 2 N–H and O–H groups in total. The van der Waals surface area contributed by atoms with Crippen molar-refractivity contribution in [1.82, 2.24) is 9.80 Å². The van der Waals surface area contributed by atoms with Crippen molar-refractivity contribution in [2.45, 2.75) is 26.3 Å². The largest absolute Gasteiger partial charge is 0.325 e. The highest BCUT2D eigenvalue weighted by Crippen LogP contribution is 2.17. The third-order valence-electron chi connectivity index (χ3n) is 5.68. The summed E-state index contributed by atoms with van der Waals surface area (Å²) in [7, 11) is 0. The molecule has 31 heavy (non-hydrogen) atoms. The van der Waals surface area contributed by atoms with Gasteiger partial charge in [0.05, 0.1) is 23.8 Å². The monoisotopic (exact) mass is 419 g/mol. The zero-order valence-corrected chi connectivity index (χ0v) is 18.1. The fourth-order valence-corrected chi connectivity index (χ4v) is 3.74. The van der Waals surface area contributed by atoms with E-state index < -0.39 is 0 Å². The summed E-state index contributed by atoms with van der Waals surface area (Å²) in [6.45, 7) is 7.11. The number of carbonyl (C=O) groups is 2. The number of nitrogens with one attached hydrogen (secondary N) is 2. The van der Waals surface area contributed by atoms with Crippen LogP contribution in [0.25, 0.3) is 0 Å². The van der Waals surface area contributed by atoms with E-state index in [1.165, 1.54) is 0 Å². The van der Waals surface area contributed by atoms with E-state index in [4.69, 9.17) is 0 Å². The zero-order chi connectivity index (χ0) is 22.2. The highest BCUT2D eigenvalue weighted by atomic mass is 16.2. The summed E-state index contributed by atoms with van der Waals surface area (Å²) < 4.78 is 0. The number of amides is 2. The standard InChI is InChI=1S/C24H29N5O2/c1-3-19-8-4-6-10-21(19)26-23(30)17-28-12-14-29(15-13-28)18(2)24(31)27-22-11-7-5-9-20(22)16-25/h4-11,18H,3,12-15,17H2,1-2H3,(H,26,30)(H,27,31)/t18-/m0/s1. The minimum absolute atomic E-state index is 0.0201. The summed E-state index contributed by atoms with van der Waals surface area (Å²) in [4.78, 5) is 29.4. The van der Waals surface area contributed by atoms with E-state index in [-0.39, 0.29) is 17.9 Å². The van der Waals surface area contributed by atoms with Crippen LogP contribution in [-0.2, 0) is 16.0 Å². The lowest BCUT2D eigenvalue weighted by atomic mass is 10.1. The van der Waals surface area contributed by atoms with Gasteiger partial charge in [-0.2, -0.15) is 5.26 Å². The number of para-hydroxylation sites is 2. The summed E-state index contributed by atoms with van der Waals surface area (Å²) in [5.41, 5.74) is 2.98. The van der Waals surface area contributed by atoms with Gasteiger partial charge in [0.2, 0.25) is 11.8 Å². The molecule has 1 saturated heterocycles. The van der Waals surface area contributed by atoms with Crippen LogP contribution in [0.15, 0.2) is 48.5 Å². The van der Waals surface area contributed by atoms with Gasteiger partial charge in [0, 0.05) is 31.9 Å². The van der Waals surface area contributed by atoms with Crippen molar-refractivity contribution in [3.8, 4) is 6.07 Å². The number of piperazine rings is 1. The first kappa shape index (κ1) is 22.5. The lowest BCUT2D eigenvalue weighted by Gasteiger charge is -2.37. The quantitative estimate of drug-likeness (QED) is 0.720. The number of hydrogen-bond donors (Lipinski definition) is 2. The maximum absolute atomic E-state index is 12.7. The molecule has 2 aromatic rings. The molecule has 7 nitrogen and oxygen atoms in total. The van der Waals surface area contributed by atoms with Crippen molar-refractivity contribution in [3.05, 3.63) is 59.7 Å². The van der Waals surface area contributed by atoms with Crippen molar-refractivity contribution in [2.24, 2.45) is 0 Å². The average molecular weight is 420 g/mol. The van der Waals surface area contributed by atoms with Crippen molar-refractivity contribution >= 4 is 23.2 Å². The molecule has 2 amide bonds. The number of benzene rings is 2. The Morgan fingerprint density at radius 1 is 1.00 bits per heavy atom. The molecule has 0 radical (unpaired) electrons. The number of hydrogen-bond acceptors (Lipinski definition) is 5. The maximum Gasteiger partial charge on any atom is 0.241 e. The summed E-state index contributed by atoms with van der Waals surface area (Å²) in [6.07, 6.45) is 0.869. The van der Waals surface area contributed by atoms with Crippen LogP contribution in [0.2, 0.25) is 0 Å². The smallest absolute Gasteiger partial charge is 0.241 e. The van der Waals surface area contributed by atoms with Gasteiger partial charge in [-0.3, -0.25) is 19.4 Å². The van der Waals surface area contributed by atoms with Crippen LogP contribution in [0.4, 0.5) is 11.4 Å². The predicted octanol–water partition coefficient (Wildman–Crippen LogP) is 2.70. The number of carbonyl (C=O) groups excluding carboxylic acids is 2. The Morgan fingerprint density at radius 2 is 1.65 bits per heavy atom. The van der Waals surface area contributed by atoms with Gasteiger partial charge in [-0.05, 0) is 37.1 Å². The second-order valence-electron chi connectivity index (χ2n) is 7.69. The fraction of sp³-hybridized carbons (Fsp3) is 0.375. The Kier molecular flexibility index (Phi) is 7.76. The van der Waals surface area contributed by atoms with Gasteiger partial charge < -0.3 is 10.6 Å². The molecule has 0 unspecified atom stereocenters. The summed E-state index contributed by atoms with van der Waals surface area (Å²) in [5.74, 6) is -0.154. The molecular weight excluding hydrogens is 390 g/mol. The van der Waals surface area contributed by atoms with E-state index in [2.05, 4.69) is 33.4 Å². The molecule has 3 rings (SSSR count). The molecule has 0 aromatic heterocycles. The molecule has 0 saturated carbocycles. The predicted molar refractivity (Wildman–Crippen MR) is 122 cm³/mol. The molecule has 0 aliphatic carbocycles. The van der Waals surface area contributed by atoms with Crippen molar-refractivity contribution in [2.75, 3.05) is 43.4 Å². The van der Waals surface area contributed by atoms with Gasteiger partial charge in [0.15, 0.2) is 0 Å². The zero-order valence-electron chi connectivity index (χ0n) is 18.1. The Morgan fingerprint density at radius 3 is 2.32 bits per heavy atom. The van der Waals surface area contributed by atoms with Gasteiger partial charge in [-0.1, -0.05) is 37.3 Å². The highest BCUT2D eigenvalue weighted by Gasteiger charge is 2.26. The normalized spacial score (nSPS) is 15.6. The van der Waals surface area contributed by atoms with Gasteiger partial charge >= 0.3 is 0 Å². The van der Waals surface area contributed by atoms with Crippen LogP contribution in [0, 0.1) is 11.3 Å². The average Bonchev–Trinajstić information content (AvgIpc) is 2.79. The third-order valence-corrected chi connectivity index (χ3v) is 5.68. The third kappa shape index (κ3) is 5.91. The van der Waals surface area contributed by atoms with Crippen LogP contribution >= 0.6 is 0 Å². The summed E-state index contributed by atoms with van der Waals surface area (Å²) in [6, 6.07) is 16.6. The van der Waals surface area contributed by atoms with E-state index in [1.807, 2.05) is 31.2 Å². The molecule has 0 spiro atoms. The van der Waals surface area contributed by atoms with Gasteiger partial charge in [0.25, 0.3) is 0 Å². The molecule has 1 aliphatic heterocycles. The van der Waals surface area contributed by atoms with Crippen LogP contribution in [-0.4, -0.2) is 60.4 Å². The van der Waals surface area contributed by atoms with E-state index in [9.17, 15) is 14.9 Å². The number of anilines is 2. The van der Waals surface area contributed by atoms with E-state index in [0.29, 0.717) is 30.9 Å². The Labute approximate surface area is 183 Å². The minimum atomic E-state index is -0.320. The number of nitrogens with zero attached hydrogens (tertiary/aromatic N) is 3. The van der Waals surface area contributed by atoms with E-state index in [1.54, 1.807) is 24.3 Å². The molecule has 162 valence electrons. The second kappa shape index (κ2) is 10.7. The summed E-state index contributed by atoms with van der Waals surface area (Å²) in [5, 5.41) is 15.1. The SMILES string of the molecule is CCc1ccccc1NC(=O)CN1CCN([C@@H](C)C(=O)Nc2ccccc2C#N)CC1. The van der Waals surface area contributed by atoms with Crippen LogP contribution in [0.1, 0.15) is 25.0 Å². The maximum atomic E-state index is 12.7. The first-order valence-electron chi connectivity index (χ1n) is 10.7. The van der Waals surface area contributed by atoms with Gasteiger partial charge in [-0.25, -0.2) is 0 Å². The molecule has 7 heteroatoms. The Bertz CT molecular complexity index is 960. The van der Waals surface area contributed by atoms with E-state index in [0.717, 1.165) is 30.8 Å². The number of nitriles is 1. The molecule has 1 fully saturated rings. The minimum Gasteiger partial charge on any atom is -0.325 e. The van der Waals surface area contributed by atoms with Gasteiger partial charge in [0.1, 0.15) is 6.07 Å².